The number of ether oxygens (including phenoxy) is 2. The fourth-order valence-electron chi connectivity index (χ4n) is 12.4. The topological polar surface area (TPSA) is 24.7 Å². The third kappa shape index (κ3) is 4.97. The Morgan fingerprint density at radius 3 is 2.02 bits per heavy atom. The van der Waals surface area contributed by atoms with E-state index in [0.717, 1.165) is 99.2 Å². The molecule has 4 nitrogen and oxygen atoms in total. The highest BCUT2D eigenvalue weighted by Crippen LogP contribution is 2.60. The van der Waals surface area contributed by atoms with Crippen LogP contribution in [-0.2, 0) is 31.1 Å². The van der Waals surface area contributed by atoms with Crippen LogP contribution in [0.3, 0.4) is 0 Å². The minimum Gasteiger partial charge on any atom is -0.496 e. The number of benzene rings is 7. The van der Waals surface area contributed by atoms with Crippen LogP contribution in [0, 0.1) is 0 Å². The number of aryl methyl sites for hydroxylation is 4. The second-order valence-corrected chi connectivity index (χ2v) is 20.5. The average molecular weight is 979 g/mol. The van der Waals surface area contributed by atoms with Crippen molar-refractivity contribution in [2.45, 2.75) is 56.8 Å². The molecule has 1 aliphatic carbocycles. The first-order chi connectivity index (χ1) is 29.4. The molecule has 0 saturated carbocycles. The summed E-state index contributed by atoms with van der Waals surface area (Å²) in [5.74, 6) is 2.65. The number of rotatable bonds is 2. The van der Waals surface area contributed by atoms with Gasteiger partial charge in [-0.05, 0) is 184 Å². The molecule has 60 heavy (non-hydrogen) atoms. The summed E-state index contributed by atoms with van der Waals surface area (Å²) in [4.78, 5) is 2.68. The minimum absolute atomic E-state index is 0.722. The molecular weight excluding hydrogens is 936 g/mol. The van der Waals surface area contributed by atoms with Gasteiger partial charge in [-0.15, -0.1) is 0 Å². The summed E-state index contributed by atoms with van der Waals surface area (Å²) in [5, 5.41) is 8.15. The van der Waals surface area contributed by atoms with Gasteiger partial charge in [0.1, 0.15) is 30.3 Å². The molecule has 7 aromatic carbocycles. The van der Waals surface area contributed by atoms with E-state index in [-0.39, 0.29) is 0 Å². The lowest BCUT2D eigenvalue weighted by molar-refractivity contribution is 0.413. The van der Waals surface area contributed by atoms with Crippen LogP contribution in [0.1, 0.15) is 81.3 Å². The zero-order chi connectivity index (χ0) is 40.0. The second-order valence-electron chi connectivity index (χ2n) is 17.7. The van der Waals surface area contributed by atoms with Crippen LogP contribution in [0.2, 0.25) is 0 Å². The standard InChI is InChI=1S/C53H42Br3N2O2/c1-59-47-13-10-33(54)24-42(47)50-40-22-31-20-29-6-2-16-57-18-4-8-36(51(29)57)38(31)27-43(40)53(45-25-34(55)11-14-48(45)60-49-15-12-35(56)26-46(49)53)44-28-39-32(23-41(44)50)21-30-7-3-17-58-19-5-9-37(39)52(30)58/h10-15,20-28H,2-9,16-19H2,1H3/q+1. The van der Waals surface area contributed by atoms with Crippen molar-refractivity contribution in [2.75, 3.05) is 38.2 Å². The summed E-state index contributed by atoms with van der Waals surface area (Å²) >= 11 is 11.9. The molecule has 0 radical (unpaired) electrons. The molecule has 0 fully saturated rings. The summed E-state index contributed by atoms with van der Waals surface area (Å²) in [7, 11) is 1.81. The van der Waals surface area contributed by atoms with Crippen LogP contribution < -0.4 is 29.5 Å². The number of halogens is 3. The number of fused-ring (bicyclic) bond motifs is 12. The van der Waals surface area contributed by atoms with Gasteiger partial charge in [0, 0.05) is 78.4 Å². The maximum atomic E-state index is 6.98. The van der Waals surface area contributed by atoms with Gasteiger partial charge in [-0.2, -0.15) is 0 Å². The Bertz CT molecular complexity index is 3190. The largest absolute Gasteiger partial charge is 0.496 e. The van der Waals surface area contributed by atoms with E-state index >= 15 is 0 Å². The van der Waals surface area contributed by atoms with Crippen molar-refractivity contribution >= 4 is 80.6 Å². The molecule has 0 aromatic heterocycles. The molecule has 296 valence electrons. The first kappa shape index (κ1) is 36.2. The van der Waals surface area contributed by atoms with Crippen LogP contribution in [-0.4, -0.2) is 33.3 Å². The Labute approximate surface area is 374 Å². The first-order valence-electron chi connectivity index (χ1n) is 21.6. The van der Waals surface area contributed by atoms with Crippen molar-refractivity contribution in [3.8, 4) is 17.2 Å². The minimum atomic E-state index is -0.722. The number of hydrogen-bond donors (Lipinski definition) is 0. The summed E-state index contributed by atoms with van der Waals surface area (Å²) in [6.07, 6.45) is 9.22. The molecule has 5 heterocycles. The zero-order valence-electron chi connectivity index (χ0n) is 33.5. The molecule has 0 N–H and O–H groups in total. The van der Waals surface area contributed by atoms with E-state index in [1.54, 1.807) is 0 Å². The van der Waals surface area contributed by atoms with Gasteiger partial charge in [-0.3, -0.25) is 0 Å². The molecule has 0 atom stereocenters. The zero-order valence-corrected chi connectivity index (χ0v) is 38.2. The predicted molar refractivity (Wildman–Crippen MR) is 253 cm³/mol. The van der Waals surface area contributed by atoms with Gasteiger partial charge in [-0.25, -0.2) is 4.58 Å². The molecule has 0 amide bonds. The van der Waals surface area contributed by atoms with Crippen LogP contribution in [0.5, 0.6) is 17.2 Å². The van der Waals surface area contributed by atoms with Gasteiger partial charge in [0.15, 0.2) is 0 Å². The number of methoxy groups -OCH3 is 1. The quantitative estimate of drug-likeness (QED) is 0.161. The van der Waals surface area contributed by atoms with Gasteiger partial charge in [0.2, 0.25) is 5.36 Å². The SMILES string of the molecule is COc1ccc(Br)cc1C1=c2cc3cc4c5c(c3cc2C2(c3cc(Br)ccc3Oc3ccc(Br)cc32)c2cc3c6c7c(cc3cc21)CCCN7CCC6)CCC[N+]=5CCC4. The number of hydrogen-bond acceptors (Lipinski definition) is 3. The molecule has 1 spiro atoms. The van der Waals surface area contributed by atoms with Crippen molar-refractivity contribution in [1.29, 1.82) is 0 Å². The van der Waals surface area contributed by atoms with E-state index in [0.29, 0.717) is 0 Å². The van der Waals surface area contributed by atoms with Crippen molar-refractivity contribution in [1.82, 2.24) is 4.58 Å². The third-order valence-electron chi connectivity index (χ3n) is 14.6. The lowest BCUT2D eigenvalue weighted by Gasteiger charge is -2.46. The molecule has 0 unspecified atom stereocenters. The van der Waals surface area contributed by atoms with E-state index < -0.39 is 5.41 Å². The molecule has 6 aliphatic rings. The van der Waals surface area contributed by atoms with Gasteiger partial charge in [-0.1, -0.05) is 47.8 Å². The number of nitrogens with zero attached hydrogens (tertiary/aromatic N) is 2. The highest BCUT2D eigenvalue weighted by Gasteiger charge is 2.50. The van der Waals surface area contributed by atoms with Crippen molar-refractivity contribution in [3.05, 3.63) is 171 Å². The lowest BCUT2D eigenvalue weighted by Crippen LogP contribution is -2.44. The van der Waals surface area contributed by atoms with Gasteiger partial charge in [0.05, 0.1) is 12.5 Å². The Hall–Kier alpha value is -4.43. The summed E-state index contributed by atoms with van der Waals surface area (Å²) in [5.41, 5.74) is 15.3. The van der Waals surface area contributed by atoms with E-state index in [2.05, 4.69) is 148 Å². The number of anilines is 1. The Balaban J connectivity index is 1.30. The van der Waals surface area contributed by atoms with E-state index in [1.807, 2.05) is 7.11 Å². The van der Waals surface area contributed by atoms with Crippen molar-refractivity contribution in [2.24, 2.45) is 0 Å². The van der Waals surface area contributed by atoms with Gasteiger partial charge >= 0.3 is 0 Å². The lowest BCUT2D eigenvalue weighted by atomic mass is 9.58. The highest BCUT2D eigenvalue weighted by atomic mass is 79.9. The normalized spacial score (nSPS) is 17.7. The molecule has 13 rings (SSSR count). The smallest absolute Gasteiger partial charge is 0.206 e. The first-order valence-corrected chi connectivity index (χ1v) is 24.0. The second kappa shape index (κ2) is 13.3. The van der Waals surface area contributed by atoms with Crippen LogP contribution in [0.4, 0.5) is 5.69 Å². The molecule has 7 aromatic rings. The fourth-order valence-corrected chi connectivity index (χ4v) is 13.5. The van der Waals surface area contributed by atoms with E-state index in [1.165, 1.54) is 108 Å². The van der Waals surface area contributed by atoms with Crippen molar-refractivity contribution in [3.63, 3.8) is 0 Å². The van der Waals surface area contributed by atoms with Crippen LogP contribution in [0.25, 0.3) is 27.1 Å². The Morgan fingerprint density at radius 2 is 1.23 bits per heavy atom. The average Bonchev–Trinajstić information content (AvgIpc) is 3.26. The molecule has 5 aliphatic heterocycles. The monoisotopic (exact) mass is 975 g/mol. The highest BCUT2D eigenvalue weighted by molar-refractivity contribution is 9.11. The van der Waals surface area contributed by atoms with Crippen molar-refractivity contribution < 1.29 is 9.47 Å². The maximum absolute atomic E-state index is 6.98. The van der Waals surface area contributed by atoms with E-state index in [9.17, 15) is 0 Å². The van der Waals surface area contributed by atoms with Gasteiger partial charge < -0.3 is 14.4 Å². The Morgan fingerprint density at radius 1 is 0.600 bits per heavy atom. The van der Waals surface area contributed by atoms with Gasteiger partial charge in [0.25, 0.3) is 0 Å². The summed E-state index contributed by atoms with van der Waals surface area (Å²) < 4.78 is 19.1. The maximum Gasteiger partial charge on any atom is 0.206 e. The van der Waals surface area contributed by atoms with Crippen LogP contribution in [0.15, 0.2) is 104 Å². The predicted octanol–water partition coefficient (Wildman–Crippen LogP) is 11.4. The molecule has 0 bridgehead atoms. The third-order valence-corrected chi connectivity index (χ3v) is 16.1. The molecule has 7 heteroatoms. The molecular formula is C53H42Br3N2O2+. The fraction of sp³-hybridized carbons (Fsp3) is 0.264. The summed E-state index contributed by atoms with van der Waals surface area (Å²) in [6, 6.07) is 35.2. The van der Waals surface area contributed by atoms with Crippen LogP contribution >= 0.6 is 47.8 Å². The Kier molecular flexibility index (Phi) is 8.03. The summed E-state index contributed by atoms with van der Waals surface area (Å²) in [6.45, 7) is 4.58. The van der Waals surface area contributed by atoms with E-state index in [4.69, 9.17) is 9.47 Å². The molecule has 0 saturated heterocycles.